The summed E-state index contributed by atoms with van der Waals surface area (Å²) in [5, 5.41) is 3.17. The van der Waals surface area contributed by atoms with E-state index >= 15 is 0 Å². The molecule has 0 saturated heterocycles. The molecule has 0 bridgehead atoms. The number of pyridine rings is 1. The van der Waals surface area contributed by atoms with Gasteiger partial charge in [0.2, 0.25) is 0 Å². The summed E-state index contributed by atoms with van der Waals surface area (Å²) in [6.45, 7) is 2.59. The molecule has 0 spiro atoms. The van der Waals surface area contributed by atoms with Crippen molar-refractivity contribution in [1.82, 2.24) is 4.98 Å². The van der Waals surface area contributed by atoms with Crippen molar-refractivity contribution in [3.05, 3.63) is 53.6 Å². The van der Waals surface area contributed by atoms with Crippen LogP contribution in [0.4, 0.5) is 10.1 Å². The largest absolute Gasteiger partial charge is 0.494 e. The molecule has 0 unspecified atom stereocenters. The third-order valence-electron chi connectivity index (χ3n) is 2.60. The zero-order valence-electron chi connectivity index (χ0n) is 10.4. The van der Waals surface area contributed by atoms with E-state index in [1.54, 1.807) is 12.1 Å². The maximum atomic E-state index is 13.2. The van der Waals surface area contributed by atoms with Crippen LogP contribution in [0.2, 0.25) is 0 Å². The van der Waals surface area contributed by atoms with Crippen molar-refractivity contribution in [3.63, 3.8) is 0 Å². The molecule has 1 aromatic heterocycles. The lowest BCUT2D eigenvalue weighted by molar-refractivity contribution is 0.387. The number of benzene rings is 1. The van der Waals surface area contributed by atoms with E-state index in [4.69, 9.17) is 4.74 Å². The van der Waals surface area contributed by atoms with Gasteiger partial charge in [0.05, 0.1) is 19.3 Å². The monoisotopic (exact) mass is 246 g/mol. The van der Waals surface area contributed by atoms with Gasteiger partial charge in [-0.2, -0.15) is 0 Å². The second-order valence-corrected chi connectivity index (χ2v) is 4.03. The molecule has 1 aromatic carbocycles. The fourth-order valence-electron chi connectivity index (χ4n) is 1.57. The average Bonchev–Trinajstić information content (AvgIpc) is 2.39. The first-order valence-electron chi connectivity index (χ1n) is 5.68. The van der Waals surface area contributed by atoms with Crippen LogP contribution in [0, 0.1) is 12.7 Å². The molecule has 0 radical (unpaired) electrons. The van der Waals surface area contributed by atoms with Gasteiger partial charge in [-0.3, -0.25) is 4.98 Å². The molecule has 1 N–H and O–H groups in total. The predicted molar refractivity (Wildman–Crippen MR) is 69.3 cm³/mol. The number of hydrogen-bond acceptors (Lipinski definition) is 3. The van der Waals surface area contributed by atoms with Crippen molar-refractivity contribution in [3.8, 4) is 5.75 Å². The van der Waals surface area contributed by atoms with Gasteiger partial charge < -0.3 is 10.1 Å². The second kappa shape index (κ2) is 5.49. The Morgan fingerprint density at radius 3 is 2.78 bits per heavy atom. The fourth-order valence-corrected chi connectivity index (χ4v) is 1.57. The number of anilines is 1. The van der Waals surface area contributed by atoms with E-state index in [9.17, 15) is 4.39 Å². The van der Waals surface area contributed by atoms with Crippen molar-refractivity contribution in [2.24, 2.45) is 0 Å². The standard InChI is InChI=1S/C14H15FN2O/c1-10-3-4-12(16-8-10)9-17-11-5-6-13(15)14(7-11)18-2/h3-8,17H,9H2,1-2H3. The van der Waals surface area contributed by atoms with Crippen molar-refractivity contribution >= 4 is 5.69 Å². The highest BCUT2D eigenvalue weighted by Gasteiger charge is 2.03. The van der Waals surface area contributed by atoms with Gasteiger partial charge in [0.15, 0.2) is 11.6 Å². The molecule has 0 fully saturated rings. The van der Waals surface area contributed by atoms with Gasteiger partial charge in [0, 0.05) is 18.0 Å². The fraction of sp³-hybridized carbons (Fsp3) is 0.214. The van der Waals surface area contributed by atoms with E-state index in [1.165, 1.54) is 13.2 Å². The van der Waals surface area contributed by atoms with Crippen LogP contribution in [0.25, 0.3) is 0 Å². The molecule has 18 heavy (non-hydrogen) atoms. The quantitative estimate of drug-likeness (QED) is 0.899. The highest BCUT2D eigenvalue weighted by Crippen LogP contribution is 2.21. The summed E-state index contributed by atoms with van der Waals surface area (Å²) in [6.07, 6.45) is 1.82. The summed E-state index contributed by atoms with van der Waals surface area (Å²) in [6, 6.07) is 8.65. The predicted octanol–water partition coefficient (Wildman–Crippen LogP) is 3.15. The summed E-state index contributed by atoms with van der Waals surface area (Å²) in [4.78, 5) is 4.29. The molecule has 2 aromatic rings. The molecule has 0 amide bonds. The molecular weight excluding hydrogens is 231 g/mol. The van der Waals surface area contributed by atoms with E-state index < -0.39 is 0 Å². The van der Waals surface area contributed by atoms with Crippen molar-refractivity contribution in [2.75, 3.05) is 12.4 Å². The summed E-state index contributed by atoms with van der Waals surface area (Å²) >= 11 is 0. The number of halogens is 1. The molecule has 2 rings (SSSR count). The molecule has 3 nitrogen and oxygen atoms in total. The summed E-state index contributed by atoms with van der Waals surface area (Å²) in [5.41, 5.74) is 2.86. The number of nitrogens with one attached hydrogen (secondary N) is 1. The first-order valence-corrected chi connectivity index (χ1v) is 5.68. The number of hydrogen-bond donors (Lipinski definition) is 1. The molecule has 1 heterocycles. The SMILES string of the molecule is COc1cc(NCc2ccc(C)cn2)ccc1F. The molecule has 0 aliphatic rings. The Morgan fingerprint density at radius 2 is 2.11 bits per heavy atom. The molecular formula is C14H15FN2O. The number of aromatic nitrogens is 1. The Balaban J connectivity index is 2.04. The smallest absolute Gasteiger partial charge is 0.165 e. The van der Waals surface area contributed by atoms with Gasteiger partial charge in [0.1, 0.15) is 0 Å². The lowest BCUT2D eigenvalue weighted by atomic mass is 10.2. The van der Waals surface area contributed by atoms with Gasteiger partial charge in [-0.25, -0.2) is 4.39 Å². The Kier molecular flexibility index (Phi) is 3.77. The molecule has 0 saturated carbocycles. The normalized spacial score (nSPS) is 10.2. The van der Waals surface area contributed by atoms with E-state index in [0.29, 0.717) is 6.54 Å². The van der Waals surface area contributed by atoms with E-state index in [2.05, 4.69) is 10.3 Å². The Hall–Kier alpha value is -2.10. The molecule has 4 heteroatoms. The molecule has 94 valence electrons. The topological polar surface area (TPSA) is 34.1 Å². The maximum Gasteiger partial charge on any atom is 0.165 e. The van der Waals surface area contributed by atoms with Crippen LogP contribution in [0.15, 0.2) is 36.5 Å². The summed E-state index contributed by atoms with van der Waals surface area (Å²) in [7, 11) is 1.45. The summed E-state index contributed by atoms with van der Waals surface area (Å²) < 4.78 is 18.1. The van der Waals surface area contributed by atoms with Crippen LogP contribution >= 0.6 is 0 Å². The molecule has 0 aliphatic carbocycles. The lowest BCUT2D eigenvalue weighted by Crippen LogP contribution is -2.02. The minimum atomic E-state index is -0.364. The van der Waals surface area contributed by atoms with Gasteiger partial charge >= 0.3 is 0 Å². The van der Waals surface area contributed by atoms with E-state index in [-0.39, 0.29) is 11.6 Å². The zero-order chi connectivity index (χ0) is 13.0. The lowest BCUT2D eigenvalue weighted by Gasteiger charge is -2.08. The molecule has 0 aliphatic heterocycles. The third-order valence-corrected chi connectivity index (χ3v) is 2.60. The van der Waals surface area contributed by atoms with E-state index in [1.807, 2.05) is 25.3 Å². The Labute approximate surface area is 106 Å². The third kappa shape index (κ3) is 2.97. The molecule has 0 atom stereocenters. The van der Waals surface area contributed by atoms with Crippen LogP contribution in [0.3, 0.4) is 0 Å². The van der Waals surface area contributed by atoms with Gasteiger partial charge in [-0.15, -0.1) is 0 Å². The van der Waals surface area contributed by atoms with Crippen LogP contribution in [0.5, 0.6) is 5.75 Å². The number of rotatable bonds is 4. The highest BCUT2D eigenvalue weighted by molar-refractivity contribution is 5.49. The first kappa shape index (κ1) is 12.4. The zero-order valence-corrected chi connectivity index (χ0v) is 10.4. The second-order valence-electron chi connectivity index (χ2n) is 4.03. The van der Waals surface area contributed by atoms with Crippen LogP contribution < -0.4 is 10.1 Å². The first-order chi connectivity index (χ1) is 8.69. The van der Waals surface area contributed by atoms with Crippen molar-refractivity contribution < 1.29 is 9.13 Å². The Bertz CT molecular complexity index is 526. The van der Waals surface area contributed by atoms with Crippen molar-refractivity contribution in [1.29, 1.82) is 0 Å². The maximum absolute atomic E-state index is 13.2. The Morgan fingerprint density at radius 1 is 1.28 bits per heavy atom. The number of aryl methyl sites for hydroxylation is 1. The van der Waals surface area contributed by atoms with Crippen LogP contribution in [-0.4, -0.2) is 12.1 Å². The van der Waals surface area contributed by atoms with Crippen molar-refractivity contribution in [2.45, 2.75) is 13.5 Å². The number of ether oxygens (including phenoxy) is 1. The van der Waals surface area contributed by atoms with Gasteiger partial charge in [-0.05, 0) is 30.7 Å². The van der Waals surface area contributed by atoms with Gasteiger partial charge in [-0.1, -0.05) is 6.07 Å². The minimum Gasteiger partial charge on any atom is -0.494 e. The van der Waals surface area contributed by atoms with E-state index in [0.717, 1.165) is 16.9 Å². The van der Waals surface area contributed by atoms with Gasteiger partial charge in [0.25, 0.3) is 0 Å². The average molecular weight is 246 g/mol. The number of nitrogens with zero attached hydrogens (tertiary/aromatic N) is 1. The number of methoxy groups -OCH3 is 1. The van der Waals surface area contributed by atoms with Crippen LogP contribution in [0.1, 0.15) is 11.3 Å². The summed E-state index contributed by atoms with van der Waals surface area (Å²) in [5.74, 6) is -0.131. The van der Waals surface area contributed by atoms with Crippen LogP contribution in [-0.2, 0) is 6.54 Å². The minimum absolute atomic E-state index is 0.233. The highest BCUT2D eigenvalue weighted by atomic mass is 19.1.